The van der Waals surface area contributed by atoms with Crippen LogP contribution in [0.4, 0.5) is 11.4 Å². The third-order valence-corrected chi connectivity index (χ3v) is 10.4. The number of pyridine rings is 1. The number of aromatic nitrogens is 1. The lowest BCUT2D eigenvalue weighted by Gasteiger charge is -2.29. The summed E-state index contributed by atoms with van der Waals surface area (Å²) in [5.74, 6) is -0.734. The van der Waals surface area contributed by atoms with Gasteiger partial charge in [-0.15, -0.1) is 0 Å². The number of nitrogens with zero attached hydrogens (tertiary/aromatic N) is 5. The number of aliphatic hydroxyl groups is 1. The van der Waals surface area contributed by atoms with Crippen molar-refractivity contribution in [3.63, 3.8) is 0 Å². The van der Waals surface area contributed by atoms with Gasteiger partial charge >= 0.3 is 0 Å². The average molecular weight is 786 g/mol. The molecule has 1 aliphatic carbocycles. The second-order valence-corrected chi connectivity index (χ2v) is 14.4. The number of amides is 5. The molecule has 0 radical (unpaired) electrons. The molecule has 304 valence electrons. The molecule has 16 heteroatoms. The van der Waals surface area contributed by atoms with Crippen LogP contribution in [0.3, 0.4) is 0 Å². The Balaban J connectivity index is 0.950. The molecule has 2 aromatic rings. The highest BCUT2D eigenvalue weighted by atomic mass is 16.5. The maximum absolute atomic E-state index is 13.8. The molecule has 0 spiro atoms. The summed E-state index contributed by atoms with van der Waals surface area (Å²) in [7, 11) is 0. The number of nitrogens with two attached hydrogens (primary N) is 1. The van der Waals surface area contributed by atoms with Crippen molar-refractivity contribution in [2.24, 2.45) is 10.7 Å². The number of benzene rings is 1. The summed E-state index contributed by atoms with van der Waals surface area (Å²) < 4.78 is 16.5. The first-order valence-corrected chi connectivity index (χ1v) is 19.5. The van der Waals surface area contributed by atoms with E-state index in [1.807, 2.05) is 31.2 Å². The van der Waals surface area contributed by atoms with Gasteiger partial charge in [0.05, 0.1) is 82.2 Å². The lowest BCUT2D eigenvalue weighted by molar-refractivity contribution is -0.138. The van der Waals surface area contributed by atoms with Crippen LogP contribution in [0.5, 0.6) is 0 Å². The van der Waals surface area contributed by atoms with Gasteiger partial charge in [-0.2, -0.15) is 0 Å². The number of anilines is 1. The molecule has 5 amide bonds. The van der Waals surface area contributed by atoms with Gasteiger partial charge in [0.1, 0.15) is 5.84 Å². The first-order valence-electron chi connectivity index (χ1n) is 19.5. The molecule has 6 rings (SSSR count). The number of rotatable bonds is 20. The standard InChI is InChI=1S/C41H51N7O9/c1-2-11-46(13-15-49)39(53)29-22-28-3-4-31(25-34(28)45-35(42)24-29)41(9-10-41)40(54)44-32-23-30-27-47(12-7-33(30)43-26-32)36(50)8-16-55-18-20-57-21-19-56-17-14-48-37(51)5-6-38(48)52/h3-6,22-23,25-26,49H,2,7-21,24,27H2,1H3,(H2,42,45)(H,44,54). The summed E-state index contributed by atoms with van der Waals surface area (Å²) >= 11 is 0. The van der Waals surface area contributed by atoms with Crippen molar-refractivity contribution in [2.75, 3.05) is 77.7 Å². The molecule has 1 fully saturated rings. The van der Waals surface area contributed by atoms with Gasteiger partial charge in [0, 0.05) is 68.0 Å². The minimum Gasteiger partial charge on any atom is -0.395 e. The summed E-state index contributed by atoms with van der Waals surface area (Å²) in [6.45, 7) is 5.54. The van der Waals surface area contributed by atoms with Gasteiger partial charge < -0.3 is 40.2 Å². The number of hydrogen-bond acceptors (Lipinski definition) is 12. The van der Waals surface area contributed by atoms with Crippen LogP contribution in [0.2, 0.25) is 0 Å². The quantitative estimate of drug-likeness (QED) is 0.131. The minimum atomic E-state index is -0.736. The molecule has 16 nitrogen and oxygen atoms in total. The SMILES string of the molecule is CCCN(CCO)C(=O)C1=Cc2ccc(C3(C(=O)Nc4cnc5c(c4)CN(C(=O)CCOCCOCCOCCN4C(=O)C=CC4=O)CC5)CC3)cc2N=C(N)C1. The highest BCUT2D eigenvalue weighted by Crippen LogP contribution is 2.50. The van der Waals surface area contributed by atoms with Crippen molar-refractivity contribution in [1.82, 2.24) is 19.7 Å². The Bertz CT molecular complexity index is 1920. The van der Waals surface area contributed by atoms with Crippen molar-refractivity contribution in [2.45, 2.75) is 57.4 Å². The van der Waals surface area contributed by atoms with Crippen molar-refractivity contribution in [3.05, 3.63) is 70.6 Å². The first kappa shape index (κ1) is 41.3. The zero-order valence-corrected chi connectivity index (χ0v) is 32.4. The Hall–Kier alpha value is -5.29. The molecule has 3 aliphatic heterocycles. The molecule has 0 unspecified atom stereocenters. The van der Waals surface area contributed by atoms with E-state index < -0.39 is 5.41 Å². The fourth-order valence-electron chi connectivity index (χ4n) is 7.13. The number of carbonyl (C=O) groups excluding carboxylic acids is 5. The molecule has 4 heterocycles. The highest BCUT2D eigenvalue weighted by molar-refractivity contribution is 6.13. The minimum absolute atomic E-state index is 0.0345. The largest absolute Gasteiger partial charge is 0.395 e. The van der Waals surface area contributed by atoms with Crippen LogP contribution in [-0.2, 0) is 56.6 Å². The molecular weight excluding hydrogens is 734 g/mol. The Morgan fingerprint density at radius 1 is 0.982 bits per heavy atom. The first-order chi connectivity index (χ1) is 27.6. The lowest BCUT2D eigenvalue weighted by atomic mass is 9.92. The number of aliphatic imine (C=N–C) groups is 1. The zero-order chi connectivity index (χ0) is 40.4. The van der Waals surface area contributed by atoms with E-state index in [-0.39, 0.29) is 75.3 Å². The molecule has 0 atom stereocenters. The van der Waals surface area contributed by atoms with Gasteiger partial charge in [-0.3, -0.25) is 33.9 Å². The van der Waals surface area contributed by atoms with E-state index in [1.54, 1.807) is 22.1 Å². The van der Waals surface area contributed by atoms with Crippen molar-refractivity contribution >= 4 is 52.8 Å². The third kappa shape index (κ3) is 10.4. The van der Waals surface area contributed by atoms with Crippen LogP contribution in [0.15, 0.2) is 53.2 Å². The molecule has 4 N–H and O–H groups in total. The smallest absolute Gasteiger partial charge is 0.253 e. The number of amidine groups is 1. The zero-order valence-electron chi connectivity index (χ0n) is 32.4. The number of aliphatic hydroxyl groups excluding tert-OH is 1. The molecule has 0 saturated heterocycles. The van der Waals surface area contributed by atoms with Crippen LogP contribution in [0.25, 0.3) is 6.08 Å². The predicted molar refractivity (Wildman–Crippen MR) is 210 cm³/mol. The average Bonchev–Trinajstić information content (AvgIpc) is 3.98. The van der Waals surface area contributed by atoms with Crippen molar-refractivity contribution < 1.29 is 43.3 Å². The van der Waals surface area contributed by atoms with Gasteiger partial charge in [0.25, 0.3) is 11.8 Å². The monoisotopic (exact) mass is 785 g/mol. The summed E-state index contributed by atoms with van der Waals surface area (Å²) in [5, 5.41) is 12.5. The Labute approximate surface area is 331 Å². The summed E-state index contributed by atoms with van der Waals surface area (Å²) in [4.78, 5) is 76.9. The van der Waals surface area contributed by atoms with E-state index in [9.17, 15) is 29.1 Å². The lowest BCUT2D eigenvalue weighted by Crippen LogP contribution is -2.37. The second kappa shape index (κ2) is 19.2. The topological polar surface area (TPSA) is 206 Å². The fourth-order valence-corrected chi connectivity index (χ4v) is 7.13. The molecule has 1 saturated carbocycles. The molecule has 1 aromatic carbocycles. The highest BCUT2D eigenvalue weighted by Gasteiger charge is 2.51. The van der Waals surface area contributed by atoms with Crippen LogP contribution >= 0.6 is 0 Å². The van der Waals surface area contributed by atoms with E-state index in [4.69, 9.17) is 19.9 Å². The number of hydrogen-bond donors (Lipinski definition) is 3. The van der Waals surface area contributed by atoms with Crippen molar-refractivity contribution in [3.8, 4) is 0 Å². The number of imide groups is 1. The second-order valence-electron chi connectivity index (χ2n) is 14.4. The van der Waals surface area contributed by atoms with Gasteiger partial charge in [0.2, 0.25) is 17.7 Å². The van der Waals surface area contributed by atoms with Crippen LogP contribution in [0, 0.1) is 0 Å². The van der Waals surface area contributed by atoms with Crippen LogP contribution in [-0.4, -0.2) is 133 Å². The maximum atomic E-state index is 13.8. The Morgan fingerprint density at radius 3 is 2.40 bits per heavy atom. The van der Waals surface area contributed by atoms with E-state index >= 15 is 0 Å². The summed E-state index contributed by atoms with van der Waals surface area (Å²) in [5.41, 5.74) is 10.5. The van der Waals surface area contributed by atoms with Gasteiger partial charge in [-0.25, -0.2) is 4.99 Å². The molecule has 0 bridgehead atoms. The number of nitrogens with one attached hydrogen (secondary N) is 1. The van der Waals surface area contributed by atoms with Gasteiger partial charge in [-0.1, -0.05) is 19.1 Å². The van der Waals surface area contributed by atoms with E-state index in [0.29, 0.717) is 88.1 Å². The number of carbonyl (C=O) groups is 5. The van der Waals surface area contributed by atoms with E-state index in [2.05, 4.69) is 15.3 Å². The van der Waals surface area contributed by atoms with Crippen LogP contribution in [0.1, 0.15) is 61.4 Å². The van der Waals surface area contributed by atoms with E-state index in [1.165, 1.54) is 12.2 Å². The molecule has 1 aromatic heterocycles. The maximum Gasteiger partial charge on any atom is 0.253 e. The van der Waals surface area contributed by atoms with Crippen LogP contribution < -0.4 is 11.1 Å². The third-order valence-electron chi connectivity index (χ3n) is 10.4. The predicted octanol–water partition coefficient (Wildman–Crippen LogP) is 2.01. The number of ether oxygens (including phenoxy) is 3. The fraction of sp³-hybridized carbons (Fsp3) is 0.488. The van der Waals surface area contributed by atoms with Gasteiger partial charge in [-0.05, 0) is 48.6 Å². The molecular formula is C41H51N7O9. The van der Waals surface area contributed by atoms with Crippen molar-refractivity contribution in [1.29, 1.82) is 0 Å². The summed E-state index contributed by atoms with van der Waals surface area (Å²) in [6, 6.07) is 7.55. The van der Waals surface area contributed by atoms with E-state index in [0.717, 1.165) is 33.7 Å². The molecule has 57 heavy (non-hydrogen) atoms. The Kier molecular flexibility index (Phi) is 14.0. The molecule has 4 aliphatic rings. The Morgan fingerprint density at radius 2 is 1.70 bits per heavy atom. The summed E-state index contributed by atoms with van der Waals surface area (Å²) in [6.07, 6.45) is 9.05. The number of fused-ring (bicyclic) bond motifs is 2. The van der Waals surface area contributed by atoms with Gasteiger partial charge in [0.15, 0.2) is 0 Å². The normalized spacial score (nSPS) is 16.7.